The van der Waals surface area contributed by atoms with Gasteiger partial charge in [-0.15, -0.1) is 0 Å². The molecule has 246 valence electrons. The number of ether oxygens (including phenoxy) is 3. The van der Waals surface area contributed by atoms with Crippen molar-refractivity contribution in [3.63, 3.8) is 0 Å². The molecular weight excluding hydrogens is 586 g/mol. The van der Waals surface area contributed by atoms with Crippen molar-refractivity contribution >= 4 is 29.3 Å². The number of carbonyl (C=O) groups is 3. The number of aldehydes is 1. The van der Waals surface area contributed by atoms with Crippen molar-refractivity contribution in [3.05, 3.63) is 23.9 Å². The maximum absolute atomic E-state index is 16.0. The summed E-state index contributed by atoms with van der Waals surface area (Å²) in [5.41, 5.74) is -1.51. The van der Waals surface area contributed by atoms with E-state index < -0.39 is 65.2 Å². The van der Waals surface area contributed by atoms with Crippen molar-refractivity contribution < 1.29 is 37.4 Å². The molecule has 1 N–H and O–H groups in total. The van der Waals surface area contributed by atoms with Gasteiger partial charge in [0.15, 0.2) is 5.69 Å². The first-order valence-electron chi connectivity index (χ1n) is 15.8. The number of aromatic nitrogens is 2. The van der Waals surface area contributed by atoms with E-state index in [2.05, 4.69) is 15.3 Å². The monoisotopic (exact) mass is 630 g/mol. The molecule has 2 aromatic rings. The lowest BCUT2D eigenvalue weighted by molar-refractivity contribution is -0.139. The largest absolute Gasteiger partial charge is 0.497 e. The van der Waals surface area contributed by atoms with Gasteiger partial charge in [-0.2, -0.15) is 8.78 Å². The summed E-state index contributed by atoms with van der Waals surface area (Å²) in [6, 6.07) is 2.86. The maximum atomic E-state index is 16.0. The van der Waals surface area contributed by atoms with E-state index in [-0.39, 0.29) is 30.3 Å². The molecule has 1 aliphatic carbocycles. The molecule has 45 heavy (non-hydrogen) atoms. The average molecular weight is 631 g/mol. The fourth-order valence-corrected chi connectivity index (χ4v) is 7.00. The number of alkyl carbamates (subject to hydrolysis) is 1. The van der Waals surface area contributed by atoms with Gasteiger partial charge in [-0.1, -0.05) is 34.1 Å². The van der Waals surface area contributed by atoms with Crippen LogP contribution in [0.1, 0.15) is 85.3 Å². The van der Waals surface area contributed by atoms with Crippen molar-refractivity contribution in [2.75, 3.05) is 13.7 Å². The van der Waals surface area contributed by atoms with Gasteiger partial charge in [0.2, 0.25) is 11.8 Å². The van der Waals surface area contributed by atoms with E-state index in [1.54, 1.807) is 25.1 Å². The quantitative estimate of drug-likeness (QED) is 0.414. The number of fused-ring (bicyclic) bond motifs is 5. The minimum atomic E-state index is -3.37. The molecule has 1 aromatic heterocycles. The van der Waals surface area contributed by atoms with Crippen molar-refractivity contribution in [3.8, 4) is 11.6 Å². The van der Waals surface area contributed by atoms with Gasteiger partial charge in [-0.3, -0.25) is 4.79 Å². The third-order valence-corrected chi connectivity index (χ3v) is 9.82. The molecule has 3 heterocycles. The lowest BCUT2D eigenvalue weighted by Crippen LogP contribution is -2.57. The predicted molar refractivity (Wildman–Crippen MR) is 162 cm³/mol. The second kappa shape index (κ2) is 12.3. The van der Waals surface area contributed by atoms with Gasteiger partial charge in [0, 0.05) is 18.4 Å². The summed E-state index contributed by atoms with van der Waals surface area (Å²) in [6.07, 6.45) is 2.27. The molecule has 2 amide bonds. The molecule has 6 atom stereocenters. The van der Waals surface area contributed by atoms with Gasteiger partial charge >= 0.3 is 6.09 Å². The fourth-order valence-electron chi connectivity index (χ4n) is 7.00. The highest BCUT2D eigenvalue weighted by Gasteiger charge is 2.49. The summed E-state index contributed by atoms with van der Waals surface area (Å²) in [7, 11) is 1.49. The number of nitrogens with one attached hydrogen (secondary N) is 1. The lowest BCUT2D eigenvalue weighted by atomic mass is 9.85. The Bertz CT molecular complexity index is 1450. The highest BCUT2D eigenvalue weighted by molar-refractivity contribution is 5.89. The van der Waals surface area contributed by atoms with Crippen LogP contribution >= 0.6 is 0 Å². The fraction of sp³-hybridized carbons (Fsp3) is 0.667. The second-order valence-electron chi connectivity index (χ2n) is 14.0. The Morgan fingerprint density at radius 2 is 1.82 bits per heavy atom. The molecule has 10 nitrogen and oxygen atoms in total. The Hall–Kier alpha value is -3.57. The predicted octanol–water partition coefficient (Wildman–Crippen LogP) is 5.80. The van der Waals surface area contributed by atoms with Gasteiger partial charge in [0.25, 0.3) is 5.92 Å². The number of hydrogen-bond donors (Lipinski definition) is 1. The molecule has 1 saturated heterocycles. The first-order valence-corrected chi connectivity index (χ1v) is 15.8. The van der Waals surface area contributed by atoms with Gasteiger partial charge in [-0.25, -0.2) is 14.8 Å². The van der Waals surface area contributed by atoms with Crippen LogP contribution in [0.25, 0.3) is 11.0 Å². The number of rotatable bonds is 2. The van der Waals surface area contributed by atoms with E-state index in [9.17, 15) is 14.4 Å². The molecule has 0 radical (unpaired) electrons. The summed E-state index contributed by atoms with van der Waals surface area (Å²) in [6.45, 7) is 8.98. The molecule has 2 bridgehead atoms. The first-order chi connectivity index (χ1) is 21.2. The van der Waals surface area contributed by atoms with Crippen molar-refractivity contribution in [1.29, 1.82) is 0 Å². The summed E-state index contributed by atoms with van der Waals surface area (Å²) in [5.74, 6) is -4.28. The SMILES string of the molecule is COc1ccc2nc3c(nc2c1)O[C@H]1CN(C(=O)[C@H](C(C)(C)C)NC(=O)O[C@]2(C)CCC[C@H]2CCCCC3(F)F)[C@H](C=O)[C@@H]1C. The minimum absolute atomic E-state index is 0.00601. The molecule has 2 fully saturated rings. The van der Waals surface area contributed by atoms with Gasteiger partial charge in [-0.05, 0) is 62.5 Å². The van der Waals surface area contributed by atoms with Crippen molar-refractivity contribution in [2.45, 2.75) is 109 Å². The Kier molecular flexibility index (Phi) is 8.98. The number of methoxy groups -OCH3 is 1. The molecule has 0 spiro atoms. The molecule has 12 heteroatoms. The first kappa shape index (κ1) is 32.8. The molecule has 0 unspecified atom stereocenters. The van der Waals surface area contributed by atoms with Crippen LogP contribution in [0, 0.1) is 17.3 Å². The number of benzene rings is 1. The minimum Gasteiger partial charge on any atom is -0.497 e. The van der Waals surface area contributed by atoms with Crippen LogP contribution in [0.4, 0.5) is 13.6 Å². The Morgan fingerprint density at radius 1 is 1.09 bits per heavy atom. The van der Waals surface area contributed by atoms with E-state index in [1.807, 2.05) is 27.7 Å². The van der Waals surface area contributed by atoms with Gasteiger partial charge in [0.05, 0.1) is 30.7 Å². The maximum Gasteiger partial charge on any atom is 0.408 e. The van der Waals surface area contributed by atoms with E-state index in [4.69, 9.17) is 14.2 Å². The number of carbonyl (C=O) groups excluding carboxylic acids is 3. The third kappa shape index (κ3) is 6.56. The molecule has 3 aliphatic rings. The third-order valence-electron chi connectivity index (χ3n) is 9.82. The number of hydrogen-bond acceptors (Lipinski definition) is 8. The van der Waals surface area contributed by atoms with Gasteiger partial charge in [0.1, 0.15) is 29.8 Å². The van der Waals surface area contributed by atoms with Crippen LogP contribution in [0.3, 0.4) is 0 Å². The standard InChI is InChI=1S/C33H44F2N4O6/c1-19-24(18-40)39-17-25(19)44-28-26(36-22-13-12-21(43-6)16-23(22)37-28)33(34,35)15-8-7-10-20-11-9-14-32(20,5)45-30(42)38-27(29(39)41)31(2,3)4/h12-13,16,18-20,24-25,27H,7-11,14-15,17H2,1-6H3,(H,38,42)/t19-,20+,24+,25-,27+,32+/m0/s1. The number of halogens is 2. The summed E-state index contributed by atoms with van der Waals surface area (Å²) < 4.78 is 49.5. The normalized spacial score (nSPS) is 31.1. The zero-order chi connectivity index (χ0) is 32.7. The zero-order valence-electron chi connectivity index (χ0n) is 26.9. The van der Waals surface area contributed by atoms with Crippen LogP contribution in [0.15, 0.2) is 18.2 Å². The molecule has 2 aliphatic heterocycles. The van der Waals surface area contributed by atoms with Crippen LogP contribution in [-0.2, 0) is 20.2 Å². The molecule has 1 aromatic carbocycles. The Morgan fingerprint density at radius 3 is 2.51 bits per heavy atom. The van der Waals surface area contributed by atoms with Crippen LogP contribution in [-0.4, -0.2) is 70.6 Å². The average Bonchev–Trinajstić information content (AvgIpc) is 3.49. The summed E-state index contributed by atoms with van der Waals surface area (Å²) >= 11 is 0. The van der Waals surface area contributed by atoms with Crippen LogP contribution in [0.5, 0.6) is 11.6 Å². The number of alkyl halides is 2. The van der Waals surface area contributed by atoms with Crippen molar-refractivity contribution in [2.24, 2.45) is 17.3 Å². The summed E-state index contributed by atoms with van der Waals surface area (Å²) in [5, 5.41) is 2.81. The zero-order valence-corrected chi connectivity index (χ0v) is 26.9. The van der Waals surface area contributed by atoms with Crippen LogP contribution < -0.4 is 14.8 Å². The Balaban J connectivity index is 1.58. The van der Waals surface area contributed by atoms with E-state index in [0.717, 1.165) is 12.8 Å². The topological polar surface area (TPSA) is 120 Å². The summed E-state index contributed by atoms with van der Waals surface area (Å²) in [4.78, 5) is 49.9. The highest BCUT2D eigenvalue weighted by atomic mass is 19.3. The molecule has 1 saturated carbocycles. The second-order valence-corrected chi connectivity index (χ2v) is 14.0. The van der Waals surface area contributed by atoms with Crippen LogP contribution in [0.2, 0.25) is 0 Å². The van der Waals surface area contributed by atoms with E-state index >= 15 is 8.78 Å². The molecule has 5 rings (SSSR count). The van der Waals surface area contributed by atoms with Gasteiger partial charge < -0.3 is 29.2 Å². The van der Waals surface area contributed by atoms with E-state index in [0.29, 0.717) is 36.8 Å². The number of nitrogens with zero attached hydrogens (tertiary/aromatic N) is 3. The highest BCUT2D eigenvalue weighted by Crippen LogP contribution is 2.44. The number of amides is 2. The molecular formula is C33H44F2N4O6. The Labute approximate surface area is 262 Å². The van der Waals surface area contributed by atoms with E-state index in [1.165, 1.54) is 12.0 Å². The lowest BCUT2D eigenvalue weighted by Gasteiger charge is -2.37. The van der Waals surface area contributed by atoms with Crippen molar-refractivity contribution in [1.82, 2.24) is 20.2 Å². The smallest absolute Gasteiger partial charge is 0.408 e.